The molecule has 0 aromatic rings. The summed E-state index contributed by atoms with van der Waals surface area (Å²) in [6.45, 7) is 1.51. The molecule has 8 heavy (non-hydrogen) atoms. The highest BCUT2D eigenvalue weighted by Crippen LogP contribution is 2.14. The molecule has 0 aliphatic carbocycles. The Morgan fingerprint density at radius 1 is 1.50 bits per heavy atom. The first-order chi connectivity index (χ1) is 3.93. The van der Waals surface area contributed by atoms with Gasteiger partial charge < -0.3 is 0 Å². The van der Waals surface area contributed by atoms with E-state index >= 15 is 0 Å². The van der Waals surface area contributed by atoms with Gasteiger partial charge >= 0.3 is 0 Å². The summed E-state index contributed by atoms with van der Waals surface area (Å²) in [5.41, 5.74) is 0. The molecule has 0 amide bonds. The lowest BCUT2D eigenvalue weighted by atomic mass is 10.3. The van der Waals surface area contributed by atoms with Crippen molar-refractivity contribution in [3.63, 3.8) is 0 Å². The van der Waals surface area contributed by atoms with Crippen molar-refractivity contribution in [1.82, 2.24) is 0 Å². The van der Waals surface area contributed by atoms with Gasteiger partial charge in [-0.25, -0.2) is 9.78 Å². The highest BCUT2D eigenvalue weighted by atomic mass is 32.2. The number of hydrogen-bond acceptors (Lipinski definition) is 3. The van der Waals surface area contributed by atoms with Crippen molar-refractivity contribution in [3.05, 3.63) is 0 Å². The summed E-state index contributed by atoms with van der Waals surface area (Å²) >= 11 is 1.84. The molecule has 48 valence electrons. The van der Waals surface area contributed by atoms with Crippen molar-refractivity contribution in [1.29, 1.82) is 0 Å². The Hall–Kier alpha value is 0.270. The molecule has 2 nitrogen and oxygen atoms in total. The minimum Gasteiger partial charge on any atom is -0.237 e. The van der Waals surface area contributed by atoms with Gasteiger partial charge in [0.1, 0.15) is 0 Å². The predicted molar refractivity (Wildman–Crippen MR) is 33.8 cm³/mol. The van der Waals surface area contributed by atoms with Gasteiger partial charge in [0.2, 0.25) is 0 Å². The molecule has 1 rings (SSSR count). The third-order valence-corrected chi connectivity index (χ3v) is 2.23. The van der Waals surface area contributed by atoms with Crippen molar-refractivity contribution < 1.29 is 9.78 Å². The summed E-state index contributed by atoms with van der Waals surface area (Å²) in [4.78, 5) is 9.44. The summed E-state index contributed by atoms with van der Waals surface area (Å²) in [6.07, 6.45) is 3.22. The largest absolute Gasteiger partial charge is 0.237 e. The summed E-state index contributed by atoms with van der Waals surface area (Å²) < 4.78 is 0. The maximum Gasteiger partial charge on any atom is 0.0941 e. The van der Waals surface area contributed by atoms with E-state index in [0.29, 0.717) is 5.25 Å². The molecule has 0 aromatic carbocycles. The van der Waals surface area contributed by atoms with E-state index in [2.05, 4.69) is 11.1 Å². The van der Waals surface area contributed by atoms with Gasteiger partial charge in [0.15, 0.2) is 0 Å². The van der Waals surface area contributed by atoms with E-state index in [-0.39, 0.29) is 0 Å². The summed E-state index contributed by atoms with van der Waals surface area (Å²) in [5.74, 6) is 0. The molecule has 1 aliphatic rings. The molecule has 1 saturated heterocycles. The van der Waals surface area contributed by atoms with Crippen LogP contribution in [-0.4, -0.2) is 24.7 Å². The van der Waals surface area contributed by atoms with Crippen LogP contribution in [0.4, 0.5) is 0 Å². The smallest absolute Gasteiger partial charge is 0.0941 e. The normalized spacial score (nSPS) is 30.4. The Labute approximate surface area is 53.5 Å². The molecule has 0 N–H and O–H groups in total. The molecule has 1 fully saturated rings. The fourth-order valence-electron chi connectivity index (χ4n) is 0.632. The maximum absolute atomic E-state index is 4.75. The average Bonchev–Trinajstić information content (AvgIpc) is 1.90. The molecule has 0 spiro atoms. The van der Waals surface area contributed by atoms with Crippen molar-refractivity contribution in [3.8, 4) is 0 Å². The Morgan fingerprint density at radius 2 is 2.38 bits per heavy atom. The van der Waals surface area contributed by atoms with E-state index in [4.69, 9.17) is 4.89 Å². The molecule has 1 aliphatic heterocycles. The highest BCUT2D eigenvalue weighted by Gasteiger charge is 2.11. The van der Waals surface area contributed by atoms with E-state index in [0.717, 1.165) is 19.6 Å². The van der Waals surface area contributed by atoms with Crippen molar-refractivity contribution in [2.45, 2.75) is 11.7 Å². The number of rotatable bonds is 1. The third kappa shape index (κ3) is 1.65. The van der Waals surface area contributed by atoms with E-state index in [1.807, 2.05) is 11.8 Å². The predicted octanol–water partition coefficient (Wildman–Crippen LogP) is 1.07. The maximum atomic E-state index is 4.75. The van der Waals surface area contributed by atoms with Crippen LogP contribution in [-0.2, 0) is 9.78 Å². The summed E-state index contributed by atoms with van der Waals surface area (Å²) in [6, 6.07) is 0. The summed E-state index contributed by atoms with van der Waals surface area (Å²) in [5, 5.41) is 0.656. The van der Waals surface area contributed by atoms with Crippen LogP contribution in [0.2, 0.25) is 0 Å². The van der Waals surface area contributed by atoms with Crippen LogP contribution in [0.15, 0.2) is 0 Å². The second-order valence-corrected chi connectivity index (χ2v) is 2.89. The van der Waals surface area contributed by atoms with Crippen LogP contribution in [0, 0.1) is 0 Å². The van der Waals surface area contributed by atoms with Gasteiger partial charge in [0.05, 0.1) is 13.2 Å². The van der Waals surface area contributed by atoms with Crippen LogP contribution in [0.1, 0.15) is 6.42 Å². The van der Waals surface area contributed by atoms with E-state index in [1.54, 1.807) is 0 Å². The number of thioether (sulfide) groups is 1. The molecular weight excluding hydrogens is 124 g/mol. The first-order valence-electron chi connectivity index (χ1n) is 2.70. The van der Waals surface area contributed by atoms with Crippen molar-refractivity contribution in [2.75, 3.05) is 19.5 Å². The monoisotopic (exact) mass is 134 g/mol. The molecule has 0 aromatic heterocycles. The molecular formula is C5H10O2S. The van der Waals surface area contributed by atoms with Gasteiger partial charge in [-0.1, -0.05) is 0 Å². The van der Waals surface area contributed by atoms with Gasteiger partial charge in [0.25, 0.3) is 0 Å². The average molecular weight is 134 g/mol. The standard InChI is InChI=1S/C5H10O2S/c1-8-5-2-3-6-7-4-5/h5H,2-4H2,1H3. The van der Waals surface area contributed by atoms with Gasteiger partial charge in [-0.15, -0.1) is 0 Å². The van der Waals surface area contributed by atoms with Gasteiger partial charge in [-0.2, -0.15) is 11.8 Å². The Kier molecular flexibility index (Phi) is 2.66. The molecule has 1 atom stereocenters. The van der Waals surface area contributed by atoms with E-state index in [1.165, 1.54) is 0 Å². The molecule has 1 heterocycles. The van der Waals surface area contributed by atoms with Crippen molar-refractivity contribution >= 4 is 11.8 Å². The van der Waals surface area contributed by atoms with Gasteiger partial charge in [0, 0.05) is 5.25 Å². The zero-order valence-corrected chi connectivity index (χ0v) is 5.74. The van der Waals surface area contributed by atoms with Gasteiger partial charge in [-0.3, -0.25) is 0 Å². The highest BCUT2D eigenvalue weighted by molar-refractivity contribution is 7.99. The Morgan fingerprint density at radius 3 is 2.75 bits per heavy atom. The van der Waals surface area contributed by atoms with E-state index in [9.17, 15) is 0 Å². The quantitative estimate of drug-likeness (QED) is 0.500. The van der Waals surface area contributed by atoms with Crippen LogP contribution >= 0.6 is 11.8 Å². The lowest BCUT2D eigenvalue weighted by Gasteiger charge is -2.18. The fourth-order valence-corrected chi connectivity index (χ4v) is 1.16. The first kappa shape index (κ1) is 6.39. The summed E-state index contributed by atoms with van der Waals surface area (Å²) in [7, 11) is 0. The first-order valence-corrected chi connectivity index (χ1v) is 3.99. The van der Waals surface area contributed by atoms with Crippen LogP contribution < -0.4 is 0 Å². The molecule has 3 heteroatoms. The third-order valence-electron chi connectivity index (χ3n) is 1.19. The second-order valence-electron chi connectivity index (χ2n) is 1.75. The topological polar surface area (TPSA) is 18.5 Å². The zero-order valence-electron chi connectivity index (χ0n) is 4.92. The molecule has 0 saturated carbocycles. The minimum atomic E-state index is 0.656. The fraction of sp³-hybridized carbons (Fsp3) is 1.00. The minimum absolute atomic E-state index is 0.656. The molecule has 1 unspecified atom stereocenters. The van der Waals surface area contributed by atoms with Crippen LogP contribution in [0.3, 0.4) is 0 Å². The molecule has 0 bridgehead atoms. The SMILES string of the molecule is CSC1CCOOC1. The van der Waals surface area contributed by atoms with E-state index < -0.39 is 0 Å². The molecule has 0 radical (unpaired) electrons. The lowest BCUT2D eigenvalue weighted by Crippen LogP contribution is -2.20. The Bertz CT molecular complexity index is 61.4. The second kappa shape index (κ2) is 3.33. The van der Waals surface area contributed by atoms with Gasteiger partial charge in [-0.05, 0) is 12.7 Å². The van der Waals surface area contributed by atoms with Crippen LogP contribution in [0.5, 0.6) is 0 Å². The van der Waals surface area contributed by atoms with Crippen LogP contribution in [0.25, 0.3) is 0 Å². The number of hydrogen-bond donors (Lipinski definition) is 0. The van der Waals surface area contributed by atoms with Crippen molar-refractivity contribution in [2.24, 2.45) is 0 Å². The Balaban J connectivity index is 2.13. The zero-order chi connectivity index (χ0) is 5.82. The lowest BCUT2D eigenvalue weighted by molar-refractivity contribution is -0.310.